The van der Waals surface area contributed by atoms with E-state index in [1.54, 1.807) is 35.9 Å². The minimum Gasteiger partial charge on any atom is -0.448 e. The molecule has 4 rings (SSSR count). The Balaban J connectivity index is 1.54. The van der Waals surface area contributed by atoms with Crippen LogP contribution in [0.3, 0.4) is 0 Å². The number of nitrogens with one attached hydrogen (secondary N) is 1. The van der Waals surface area contributed by atoms with Crippen LogP contribution in [0.4, 0.5) is 5.82 Å². The summed E-state index contributed by atoms with van der Waals surface area (Å²) >= 11 is 0. The summed E-state index contributed by atoms with van der Waals surface area (Å²) in [6.07, 6.45) is -0.195. The van der Waals surface area contributed by atoms with Gasteiger partial charge in [0.05, 0.1) is 28.8 Å². The van der Waals surface area contributed by atoms with Gasteiger partial charge < -0.3 is 10.1 Å². The molecule has 1 amide bonds. The molecule has 2 unspecified atom stereocenters. The Kier molecular flexibility index (Phi) is 4.26. The van der Waals surface area contributed by atoms with Crippen LogP contribution in [0.5, 0.6) is 0 Å². The number of rotatable bonds is 3. The third kappa shape index (κ3) is 3.46. The second kappa shape index (κ2) is 6.49. The van der Waals surface area contributed by atoms with E-state index in [1.165, 1.54) is 0 Å². The van der Waals surface area contributed by atoms with E-state index in [4.69, 9.17) is 4.74 Å². The number of aryl methyl sites for hydroxylation is 1. The Morgan fingerprint density at radius 1 is 1.33 bits per heavy atom. The summed E-state index contributed by atoms with van der Waals surface area (Å²) in [4.78, 5) is 24.8. The number of hydrogen-bond acceptors (Lipinski definition) is 6. The molecule has 1 fully saturated rings. The lowest BCUT2D eigenvalue weighted by atomic mass is 9.98. The van der Waals surface area contributed by atoms with Gasteiger partial charge >= 0.3 is 5.97 Å². The molecule has 2 aromatic rings. The van der Waals surface area contributed by atoms with Crippen LogP contribution < -0.4 is 5.32 Å². The second-order valence-electron chi connectivity index (χ2n) is 6.92. The van der Waals surface area contributed by atoms with Crippen molar-refractivity contribution in [3.8, 4) is 0 Å². The van der Waals surface area contributed by atoms with Crippen molar-refractivity contribution >= 4 is 27.5 Å². The standard InChI is InChI=1S/C18H19N3O5S/c1-11-8-16(21(20-11)13-6-7-27(24,25)10-13)19-17(22)15-9-12-4-2-3-5-14(12)18(23)26-15/h2-5,8,13,15H,6-7,9-10H2,1H3,(H,19,22). The fourth-order valence-electron chi connectivity index (χ4n) is 3.54. The van der Waals surface area contributed by atoms with E-state index in [0.29, 0.717) is 29.9 Å². The van der Waals surface area contributed by atoms with Crippen LogP contribution >= 0.6 is 0 Å². The second-order valence-corrected chi connectivity index (χ2v) is 9.15. The molecular weight excluding hydrogens is 370 g/mol. The third-order valence-corrected chi connectivity index (χ3v) is 6.60. The van der Waals surface area contributed by atoms with Crippen molar-refractivity contribution in [2.24, 2.45) is 0 Å². The molecule has 1 N–H and O–H groups in total. The van der Waals surface area contributed by atoms with E-state index in [9.17, 15) is 18.0 Å². The highest BCUT2D eigenvalue weighted by Gasteiger charge is 2.34. The number of ether oxygens (including phenoxy) is 1. The molecule has 0 saturated carbocycles. The first-order valence-corrected chi connectivity index (χ1v) is 10.5. The number of esters is 1. The molecule has 1 aromatic heterocycles. The fraction of sp³-hybridized carbons (Fsp3) is 0.389. The molecule has 2 atom stereocenters. The highest BCUT2D eigenvalue weighted by atomic mass is 32.2. The summed E-state index contributed by atoms with van der Waals surface area (Å²) in [5.41, 5.74) is 1.90. The Hall–Kier alpha value is -2.68. The highest BCUT2D eigenvalue weighted by molar-refractivity contribution is 7.91. The van der Waals surface area contributed by atoms with Gasteiger partial charge in [0.25, 0.3) is 5.91 Å². The summed E-state index contributed by atoms with van der Waals surface area (Å²) < 4.78 is 30.4. The molecule has 142 valence electrons. The van der Waals surface area contributed by atoms with Crippen molar-refractivity contribution in [2.75, 3.05) is 16.8 Å². The maximum atomic E-state index is 12.7. The molecule has 1 saturated heterocycles. The number of sulfone groups is 1. The van der Waals surface area contributed by atoms with Crippen molar-refractivity contribution in [3.05, 3.63) is 47.2 Å². The number of anilines is 1. The van der Waals surface area contributed by atoms with Gasteiger partial charge in [-0.2, -0.15) is 5.10 Å². The van der Waals surface area contributed by atoms with Crippen molar-refractivity contribution in [1.82, 2.24) is 9.78 Å². The number of aromatic nitrogens is 2. The lowest BCUT2D eigenvalue weighted by Crippen LogP contribution is -2.38. The quantitative estimate of drug-likeness (QED) is 0.792. The first kappa shape index (κ1) is 17.7. The molecule has 1 aromatic carbocycles. The topological polar surface area (TPSA) is 107 Å². The minimum absolute atomic E-state index is 0.00276. The van der Waals surface area contributed by atoms with Gasteiger partial charge in [0.15, 0.2) is 15.9 Å². The van der Waals surface area contributed by atoms with E-state index in [0.717, 1.165) is 5.56 Å². The van der Waals surface area contributed by atoms with Crippen LogP contribution in [-0.2, 0) is 25.8 Å². The number of cyclic esters (lactones) is 1. The largest absolute Gasteiger partial charge is 0.448 e. The Morgan fingerprint density at radius 3 is 2.85 bits per heavy atom. The number of hydrogen-bond donors (Lipinski definition) is 1. The summed E-state index contributed by atoms with van der Waals surface area (Å²) in [6, 6.07) is 8.40. The lowest BCUT2D eigenvalue weighted by molar-refractivity contribution is -0.125. The van der Waals surface area contributed by atoms with E-state index in [2.05, 4.69) is 10.4 Å². The summed E-state index contributed by atoms with van der Waals surface area (Å²) in [6.45, 7) is 1.77. The normalized spacial score (nSPS) is 23.5. The van der Waals surface area contributed by atoms with Gasteiger partial charge in [0.2, 0.25) is 0 Å². The van der Waals surface area contributed by atoms with Crippen LogP contribution in [0.15, 0.2) is 30.3 Å². The number of carbonyl (C=O) groups is 2. The van der Waals surface area contributed by atoms with Crippen molar-refractivity contribution < 1.29 is 22.7 Å². The van der Waals surface area contributed by atoms with Crippen molar-refractivity contribution in [1.29, 1.82) is 0 Å². The zero-order chi connectivity index (χ0) is 19.2. The van der Waals surface area contributed by atoms with Crippen molar-refractivity contribution in [2.45, 2.75) is 31.9 Å². The Labute approximate surface area is 156 Å². The predicted molar refractivity (Wildman–Crippen MR) is 97.3 cm³/mol. The first-order valence-electron chi connectivity index (χ1n) is 8.69. The van der Waals surface area contributed by atoms with Gasteiger partial charge in [0, 0.05) is 12.5 Å². The predicted octanol–water partition coefficient (Wildman–Crippen LogP) is 1.27. The molecule has 0 radical (unpaired) electrons. The first-order chi connectivity index (χ1) is 12.8. The van der Waals surface area contributed by atoms with Gasteiger partial charge in [-0.05, 0) is 25.0 Å². The maximum absolute atomic E-state index is 12.7. The van der Waals surface area contributed by atoms with Gasteiger partial charge in [0.1, 0.15) is 5.82 Å². The summed E-state index contributed by atoms with van der Waals surface area (Å²) in [7, 11) is -3.08. The van der Waals surface area contributed by atoms with E-state index in [-0.39, 0.29) is 17.5 Å². The molecule has 2 aliphatic rings. The third-order valence-electron chi connectivity index (χ3n) is 4.85. The molecule has 2 aliphatic heterocycles. The van der Waals surface area contributed by atoms with Crippen LogP contribution in [0.2, 0.25) is 0 Å². The molecule has 9 heteroatoms. The number of nitrogens with zero attached hydrogens (tertiary/aromatic N) is 2. The maximum Gasteiger partial charge on any atom is 0.339 e. The van der Waals surface area contributed by atoms with E-state index < -0.39 is 27.8 Å². The molecule has 8 nitrogen and oxygen atoms in total. The smallest absolute Gasteiger partial charge is 0.339 e. The lowest BCUT2D eigenvalue weighted by Gasteiger charge is -2.24. The van der Waals surface area contributed by atoms with Gasteiger partial charge in [-0.3, -0.25) is 4.79 Å². The number of benzene rings is 1. The molecular formula is C18H19N3O5S. The zero-order valence-electron chi connectivity index (χ0n) is 14.7. The molecule has 0 bridgehead atoms. The Bertz CT molecular complexity index is 1030. The van der Waals surface area contributed by atoms with Crippen LogP contribution in [-0.4, -0.2) is 47.7 Å². The number of fused-ring (bicyclic) bond motifs is 1. The van der Waals surface area contributed by atoms with Crippen molar-refractivity contribution in [3.63, 3.8) is 0 Å². The average Bonchev–Trinajstić information content (AvgIpc) is 3.16. The summed E-state index contributed by atoms with van der Waals surface area (Å²) in [5, 5.41) is 7.08. The summed E-state index contributed by atoms with van der Waals surface area (Å²) in [5.74, 6) is -0.457. The molecule has 27 heavy (non-hydrogen) atoms. The van der Waals surface area contributed by atoms with Gasteiger partial charge in [-0.1, -0.05) is 18.2 Å². The van der Waals surface area contributed by atoms with E-state index >= 15 is 0 Å². The monoisotopic (exact) mass is 389 g/mol. The molecule has 3 heterocycles. The van der Waals surface area contributed by atoms with Gasteiger partial charge in [-0.15, -0.1) is 0 Å². The molecule has 0 aliphatic carbocycles. The fourth-order valence-corrected chi connectivity index (χ4v) is 5.23. The van der Waals surface area contributed by atoms with Crippen LogP contribution in [0, 0.1) is 6.92 Å². The highest BCUT2D eigenvalue weighted by Crippen LogP contribution is 2.28. The van der Waals surface area contributed by atoms with Gasteiger partial charge in [-0.25, -0.2) is 17.9 Å². The SMILES string of the molecule is Cc1cc(NC(=O)C2Cc3ccccc3C(=O)O2)n(C2CCS(=O)(=O)C2)n1. The van der Waals surface area contributed by atoms with E-state index in [1.807, 2.05) is 6.07 Å². The number of carbonyl (C=O) groups excluding carboxylic acids is 2. The average molecular weight is 389 g/mol. The van der Waals surface area contributed by atoms with Crippen LogP contribution in [0.1, 0.15) is 34.1 Å². The number of amides is 1. The van der Waals surface area contributed by atoms with Crippen LogP contribution in [0.25, 0.3) is 0 Å². The zero-order valence-corrected chi connectivity index (χ0v) is 15.5. The molecule has 0 spiro atoms. The minimum atomic E-state index is -3.08. The Morgan fingerprint density at radius 2 is 2.11 bits per heavy atom.